The van der Waals surface area contributed by atoms with Crippen molar-refractivity contribution in [2.75, 3.05) is 19.7 Å². The van der Waals surface area contributed by atoms with E-state index in [1.165, 1.54) is 32.2 Å². The van der Waals surface area contributed by atoms with E-state index in [2.05, 4.69) is 4.90 Å². The second kappa shape index (κ2) is 6.48. The molecule has 21 heavy (non-hydrogen) atoms. The van der Waals surface area contributed by atoms with E-state index in [0.717, 1.165) is 24.9 Å². The molecule has 0 atom stereocenters. The van der Waals surface area contributed by atoms with E-state index in [1.54, 1.807) is 18.2 Å². The van der Waals surface area contributed by atoms with Crippen molar-refractivity contribution in [1.82, 2.24) is 4.90 Å². The molecule has 0 amide bonds. The maximum atomic E-state index is 10.9. The minimum atomic E-state index is -0.912. The molecule has 0 aliphatic heterocycles. The molecule has 2 aliphatic carbocycles. The highest BCUT2D eigenvalue weighted by molar-refractivity contribution is 5.87. The monoisotopic (exact) mass is 289 g/mol. The lowest BCUT2D eigenvalue weighted by Gasteiger charge is -2.21. The Kier molecular flexibility index (Phi) is 4.44. The van der Waals surface area contributed by atoms with E-state index in [4.69, 9.17) is 9.84 Å². The van der Waals surface area contributed by atoms with Gasteiger partial charge in [0, 0.05) is 19.1 Å². The molecular formula is C17H23NO3. The summed E-state index contributed by atoms with van der Waals surface area (Å²) in [6.45, 7) is 3.01. The van der Waals surface area contributed by atoms with Crippen molar-refractivity contribution < 1.29 is 14.6 Å². The molecule has 0 radical (unpaired) electrons. The lowest BCUT2D eigenvalue weighted by atomic mass is 10.2. The Bertz CT molecular complexity index is 495. The largest absolute Gasteiger partial charge is 0.494 e. The molecule has 1 aromatic rings. The summed E-state index contributed by atoms with van der Waals surface area (Å²) in [5.74, 6) is 0.679. The number of benzene rings is 1. The van der Waals surface area contributed by atoms with E-state index in [0.29, 0.717) is 12.4 Å². The lowest BCUT2D eigenvalue weighted by Crippen LogP contribution is -2.30. The van der Waals surface area contributed by atoms with Crippen LogP contribution in [-0.2, 0) is 0 Å². The zero-order valence-corrected chi connectivity index (χ0v) is 12.3. The molecule has 114 valence electrons. The fraction of sp³-hybridized carbons (Fsp3) is 0.588. The average Bonchev–Trinajstić information content (AvgIpc) is 3.36. The Hall–Kier alpha value is -1.55. The predicted octanol–water partition coefficient (Wildman–Crippen LogP) is 3.03. The van der Waals surface area contributed by atoms with Crippen LogP contribution < -0.4 is 4.74 Å². The fourth-order valence-corrected chi connectivity index (χ4v) is 2.67. The molecule has 0 unspecified atom stereocenters. The van der Waals surface area contributed by atoms with Gasteiger partial charge in [-0.05, 0) is 56.2 Å². The normalized spacial score (nSPS) is 18.0. The molecule has 0 heterocycles. The van der Waals surface area contributed by atoms with E-state index in [-0.39, 0.29) is 5.56 Å². The van der Waals surface area contributed by atoms with Gasteiger partial charge >= 0.3 is 5.97 Å². The number of ether oxygens (including phenoxy) is 1. The Morgan fingerprint density at radius 2 is 2.10 bits per heavy atom. The van der Waals surface area contributed by atoms with Gasteiger partial charge in [0.1, 0.15) is 5.75 Å². The third kappa shape index (κ3) is 4.46. The Morgan fingerprint density at radius 1 is 1.29 bits per heavy atom. The number of carboxylic acid groups (broad SMARTS) is 1. The second-order valence-electron chi connectivity index (χ2n) is 6.20. The number of aromatic carboxylic acids is 1. The quantitative estimate of drug-likeness (QED) is 0.710. The zero-order chi connectivity index (χ0) is 14.7. The number of hydrogen-bond acceptors (Lipinski definition) is 3. The van der Waals surface area contributed by atoms with Gasteiger partial charge in [0.2, 0.25) is 0 Å². The van der Waals surface area contributed by atoms with Crippen LogP contribution in [0.5, 0.6) is 5.75 Å². The van der Waals surface area contributed by atoms with Crippen LogP contribution in [0, 0.1) is 5.92 Å². The van der Waals surface area contributed by atoms with Crippen LogP contribution in [0.1, 0.15) is 42.5 Å². The third-order valence-electron chi connectivity index (χ3n) is 4.19. The van der Waals surface area contributed by atoms with Crippen LogP contribution in [0.3, 0.4) is 0 Å². The summed E-state index contributed by atoms with van der Waals surface area (Å²) in [4.78, 5) is 13.5. The van der Waals surface area contributed by atoms with Crippen molar-refractivity contribution in [2.24, 2.45) is 5.92 Å². The first-order valence-corrected chi connectivity index (χ1v) is 7.92. The third-order valence-corrected chi connectivity index (χ3v) is 4.19. The van der Waals surface area contributed by atoms with Gasteiger partial charge in [0.05, 0.1) is 12.2 Å². The minimum absolute atomic E-state index is 0.279. The number of hydrogen-bond donors (Lipinski definition) is 1. The fourth-order valence-electron chi connectivity index (χ4n) is 2.67. The summed E-state index contributed by atoms with van der Waals surface area (Å²) >= 11 is 0. The first-order chi connectivity index (χ1) is 10.2. The van der Waals surface area contributed by atoms with Crippen LogP contribution in [0.4, 0.5) is 0 Å². The standard InChI is InChI=1S/C17H23NO3/c19-17(20)14-3-1-4-16(11-14)21-10-2-9-18(15-7-8-15)12-13-5-6-13/h1,3-4,11,13,15H,2,5-10,12H2,(H,19,20). The molecule has 2 saturated carbocycles. The second-order valence-corrected chi connectivity index (χ2v) is 6.20. The van der Waals surface area contributed by atoms with Crippen LogP contribution in [0.15, 0.2) is 24.3 Å². The Morgan fingerprint density at radius 3 is 2.76 bits per heavy atom. The maximum Gasteiger partial charge on any atom is 0.335 e. The first-order valence-electron chi connectivity index (χ1n) is 7.92. The topological polar surface area (TPSA) is 49.8 Å². The van der Waals surface area contributed by atoms with E-state index < -0.39 is 5.97 Å². The van der Waals surface area contributed by atoms with Gasteiger partial charge in [0.15, 0.2) is 0 Å². The number of carboxylic acids is 1. The number of carbonyl (C=O) groups is 1. The van der Waals surface area contributed by atoms with Crippen molar-refractivity contribution in [3.8, 4) is 5.75 Å². The molecule has 0 aromatic heterocycles. The van der Waals surface area contributed by atoms with Gasteiger partial charge in [-0.15, -0.1) is 0 Å². The molecule has 4 heteroatoms. The SMILES string of the molecule is O=C(O)c1cccc(OCCCN(CC2CC2)C2CC2)c1. The Balaban J connectivity index is 1.40. The summed E-state index contributed by atoms with van der Waals surface area (Å²) in [6, 6.07) is 7.53. The van der Waals surface area contributed by atoms with Gasteiger partial charge in [-0.2, -0.15) is 0 Å². The zero-order valence-electron chi connectivity index (χ0n) is 12.3. The van der Waals surface area contributed by atoms with Crippen molar-refractivity contribution in [2.45, 2.75) is 38.1 Å². The first kappa shape index (κ1) is 14.4. The summed E-state index contributed by atoms with van der Waals surface area (Å²) < 4.78 is 5.68. The van der Waals surface area contributed by atoms with E-state index in [9.17, 15) is 4.79 Å². The van der Waals surface area contributed by atoms with Crippen molar-refractivity contribution in [3.63, 3.8) is 0 Å². The molecule has 1 aromatic carbocycles. The van der Waals surface area contributed by atoms with E-state index >= 15 is 0 Å². The van der Waals surface area contributed by atoms with Crippen LogP contribution >= 0.6 is 0 Å². The Labute approximate surface area is 125 Å². The van der Waals surface area contributed by atoms with Gasteiger partial charge in [-0.1, -0.05) is 6.07 Å². The lowest BCUT2D eigenvalue weighted by molar-refractivity contribution is 0.0696. The molecule has 0 saturated heterocycles. The van der Waals surface area contributed by atoms with E-state index in [1.807, 2.05) is 6.07 Å². The van der Waals surface area contributed by atoms with Crippen molar-refractivity contribution in [1.29, 1.82) is 0 Å². The molecule has 3 rings (SSSR count). The van der Waals surface area contributed by atoms with Crippen LogP contribution in [0.25, 0.3) is 0 Å². The highest BCUT2D eigenvalue weighted by atomic mass is 16.5. The smallest absolute Gasteiger partial charge is 0.335 e. The molecule has 2 fully saturated rings. The molecule has 1 N–H and O–H groups in total. The highest BCUT2D eigenvalue weighted by Gasteiger charge is 2.33. The van der Waals surface area contributed by atoms with Crippen molar-refractivity contribution in [3.05, 3.63) is 29.8 Å². The summed E-state index contributed by atoms with van der Waals surface area (Å²) in [5, 5.41) is 8.95. The minimum Gasteiger partial charge on any atom is -0.494 e. The number of rotatable bonds is 9. The molecule has 0 bridgehead atoms. The van der Waals surface area contributed by atoms with Gasteiger partial charge in [0.25, 0.3) is 0 Å². The molecule has 4 nitrogen and oxygen atoms in total. The van der Waals surface area contributed by atoms with Crippen LogP contribution in [-0.4, -0.2) is 41.7 Å². The number of nitrogens with zero attached hydrogens (tertiary/aromatic N) is 1. The summed E-state index contributed by atoms with van der Waals surface area (Å²) in [7, 11) is 0. The molecular weight excluding hydrogens is 266 g/mol. The van der Waals surface area contributed by atoms with Crippen LogP contribution in [0.2, 0.25) is 0 Å². The molecule has 0 spiro atoms. The van der Waals surface area contributed by atoms with Gasteiger partial charge in [-0.25, -0.2) is 4.79 Å². The van der Waals surface area contributed by atoms with Crippen molar-refractivity contribution >= 4 is 5.97 Å². The average molecular weight is 289 g/mol. The summed E-state index contributed by atoms with van der Waals surface area (Å²) in [6.07, 6.45) is 6.52. The highest BCUT2D eigenvalue weighted by Crippen LogP contribution is 2.34. The maximum absolute atomic E-state index is 10.9. The van der Waals surface area contributed by atoms with Gasteiger partial charge < -0.3 is 9.84 Å². The summed E-state index contributed by atoms with van der Waals surface area (Å²) in [5.41, 5.74) is 0.279. The predicted molar refractivity (Wildman–Crippen MR) is 80.8 cm³/mol. The van der Waals surface area contributed by atoms with Gasteiger partial charge in [-0.3, -0.25) is 4.90 Å². The molecule has 2 aliphatic rings.